The second-order valence-corrected chi connectivity index (χ2v) is 7.42. The van der Waals surface area contributed by atoms with Crippen molar-refractivity contribution in [3.63, 3.8) is 0 Å². The van der Waals surface area contributed by atoms with Crippen LogP contribution < -0.4 is 9.47 Å². The molecule has 184 valence electrons. The topological polar surface area (TPSA) is 61.8 Å². The Hall–Kier alpha value is -3.88. The van der Waals surface area contributed by atoms with Gasteiger partial charge in [0, 0.05) is 5.56 Å². The Kier molecular flexibility index (Phi) is 8.46. The van der Waals surface area contributed by atoms with Gasteiger partial charge >= 0.3 is 18.5 Å². The van der Waals surface area contributed by atoms with E-state index < -0.39 is 36.0 Å². The number of hydrogen-bond acceptors (Lipinski definition) is 5. The highest BCUT2D eigenvalue weighted by atomic mass is 19.3. The molecular weight excluding hydrogens is 468 g/mol. The second-order valence-electron chi connectivity index (χ2n) is 7.42. The summed E-state index contributed by atoms with van der Waals surface area (Å²) < 4.78 is 66.3. The van der Waals surface area contributed by atoms with Crippen LogP contribution in [0.2, 0.25) is 0 Å². The third-order valence-electron chi connectivity index (χ3n) is 4.85. The minimum absolute atomic E-state index is 0.0240. The molecule has 0 bridgehead atoms. The third-order valence-corrected chi connectivity index (χ3v) is 4.85. The van der Waals surface area contributed by atoms with Crippen LogP contribution >= 0.6 is 0 Å². The highest BCUT2D eigenvalue weighted by Crippen LogP contribution is 2.29. The van der Waals surface area contributed by atoms with Crippen molar-refractivity contribution < 1.29 is 41.4 Å². The highest BCUT2D eigenvalue weighted by Gasteiger charge is 2.44. The van der Waals surface area contributed by atoms with Crippen molar-refractivity contribution in [3.8, 4) is 17.2 Å². The third kappa shape index (κ3) is 7.05. The molecule has 9 heteroatoms. The van der Waals surface area contributed by atoms with Gasteiger partial charge in [0.05, 0.1) is 6.61 Å². The van der Waals surface area contributed by atoms with Crippen LogP contribution in [0.5, 0.6) is 17.2 Å². The molecule has 1 unspecified atom stereocenters. The lowest BCUT2D eigenvalue weighted by Crippen LogP contribution is -2.33. The number of benzene rings is 3. The lowest BCUT2D eigenvalue weighted by atomic mass is 9.91. The van der Waals surface area contributed by atoms with Crippen LogP contribution in [0.15, 0.2) is 78.9 Å². The minimum atomic E-state index is -4.68. The predicted octanol–water partition coefficient (Wildman–Crippen LogP) is 6.32. The first-order chi connectivity index (χ1) is 16.7. The van der Waals surface area contributed by atoms with Crippen molar-refractivity contribution in [2.75, 3.05) is 6.61 Å². The van der Waals surface area contributed by atoms with E-state index in [1.165, 1.54) is 24.3 Å². The second kappa shape index (κ2) is 11.5. The first kappa shape index (κ1) is 25.7. The Morgan fingerprint density at radius 2 is 1.49 bits per heavy atom. The fourth-order valence-corrected chi connectivity index (χ4v) is 3.21. The van der Waals surface area contributed by atoms with E-state index in [9.17, 15) is 27.2 Å². The van der Waals surface area contributed by atoms with Gasteiger partial charge in [0.25, 0.3) is 0 Å². The molecule has 0 spiro atoms. The van der Waals surface area contributed by atoms with E-state index in [0.29, 0.717) is 11.5 Å². The quantitative estimate of drug-likeness (QED) is 0.136. The normalized spacial score (nSPS) is 12.2. The molecule has 3 aromatic carbocycles. The Labute approximate surface area is 199 Å². The van der Waals surface area contributed by atoms with E-state index >= 15 is 0 Å². The van der Waals surface area contributed by atoms with Crippen molar-refractivity contribution in [1.29, 1.82) is 0 Å². The largest absolute Gasteiger partial charge is 0.465 e. The van der Waals surface area contributed by atoms with Crippen LogP contribution in [0.4, 0.5) is 17.6 Å². The van der Waals surface area contributed by atoms with E-state index in [2.05, 4.69) is 4.74 Å². The molecule has 0 radical (unpaired) electrons. The zero-order valence-corrected chi connectivity index (χ0v) is 18.6. The molecule has 0 amide bonds. The van der Waals surface area contributed by atoms with Crippen molar-refractivity contribution in [3.05, 3.63) is 90.0 Å². The van der Waals surface area contributed by atoms with E-state index in [1.807, 2.05) is 18.2 Å². The van der Waals surface area contributed by atoms with E-state index in [4.69, 9.17) is 9.47 Å². The maximum atomic E-state index is 13.3. The van der Waals surface area contributed by atoms with Crippen LogP contribution in [0.3, 0.4) is 0 Å². The van der Waals surface area contributed by atoms with Crippen LogP contribution in [-0.4, -0.2) is 30.9 Å². The zero-order valence-electron chi connectivity index (χ0n) is 18.6. The summed E-state index contributed by atoms with van der Waals surface area (Å²) in [6, 6.07) is 20.1. The van der Waals surface area contributed by atoms with Gasteiger partial charge in [-0.05, 0) is 67.4 Å². The van der Waals surface area contributed by atoms with Gasteiger partial charge in [-0.1, -0.05) is 30.3 Å². The molecule has 3 aromatic rings. The standard InChI is InChI=1S/C26H22F4O5/c1-2-33-24(32)22(16-17-7-6-10-21(15-17)35-26(29,30)25(27)28)23(31)18-11-13-20(14-12-18)34-19-8-4-3-5-9-19/h3-15,22,25H,2,16H2,1H3. The Morgan fingerprint density at radius 3 is 2.11 bits per heavy atom. The van der Waals surface area contributed by atoms with E-state index in [0.717, 1.165) is 12.1 Å². The van der Waals surface area contributed by atoms with Gasteiger partial charge in [-0.25, -0.2) is 0 Å². The van der Waals surface area contributed by atoms with Gasteiger partial charge in [-0.15, -0.1) is 0 Å². The molecule has 1 atom stereocenters. The maximum absolute atomic E-state index is 13.3. The summed E-state index contributed by atoms with van der Waals surface area (Å²) in [5.41, 5.74) is 0.461. The number of alkyl halides is 4. The van der Waals surface area contributed by atoms with Gasteiger partial charge in [-0.2, -0.15) is 17.6 Å². The van der Waals surface area contributed by atoms with E-state index in [1.54, 1.807) is 31.2 Å². The average molecular weight is 490 g/mol. The lowest BCUT2D eigenvalue weighted by molar-refractivity contribution is -0.253. The van der Waals surface area contributed by atoms with Gasteiger partial charge in [0.2, 0.25) is 0 Å². The number of carbonyl (C=O) groups is 2. The number of esters is 1. The first-order valence-electron chi connectivity index (χ1n) is 10.7. The number of ketones is 1. The monoisotopic (exact) mass is 490 g/mol. The number of para-hydroxylation sites is 1. The molecule has 0 aliphatic carbocycles. The number of hydrogen-bond donors (Lipinski definition) is 0. The minimum Gasteiger partial charge on any atom is -0.465 e. The molecule has 0 aromatic heterocycles. The summed E-state index contributed by atoms with van der Waals surface area (Å²) in [5, 5.41) is 0. The highest BCUT2D eigenvalue weighted by molar-refractivity contribution is 6.08. The summed E-state index contributed by atoms with van der Waals surface area (Å²) in [5.74, 6) is -2.09. The predicted molar refractivity (Wildman–Crippen MR) is 119 cm³/mol. The Bertz CT molecular complexity index is 1130. The fourth-order valence-electron chi connectivity index (χ4n) is 3.21. The molecule has 0 saturated carbocycles. The summed E-state index contributed by atoms with van der Waals surface area (Å²) >= 11 is 0. The summed E-state index contributed by atoms with van der Waals surface area (Å²) in [7, 11) is 0. The molecular formula is C26H22F4O5. The molecule has 0 saturated heterocycles. The van der Waals surface area contributed by atoms with Gasteiger partial charge < -0.3 is 14.2 Å². The average Bonchev–Trinajstić information content (AvgIpc) is 2.83. The van der Waals surface area contributed by atoms with Gasteiger partial charge in [0.1, 0.15) is 23.2 Å². The molecule has 5 nitrogen and oxygen atoms in total. The molecule has 35 heavy (non-hydrogen) atoms. The molecule has 0 heterocycles. The summed E-state index contributed by atoms with van der Waals surface area (Å²) in [4.78, 5) is 25.7. The van der Waals surface area contributed by atoms with Gasteiger partial charge in [-0.3, -0.25) is 9.59 Å². The van der Waals surface area contributed by atoms with Crippen LogP contribution in [0, 0.1) is 5.92 Å². The number of ether oxygens (including phenoxy) is 3. The SMILES string of the molecule is CCOC(=O)C(Cc1cccc(OC(F)(F)C(F)F)c1)C(=O)c1ccc(Oc2ccccc2)cc1. The van der Waals surface area contributed by atoms with Crippen LogP contribution in [0.25, 0.3) is 0 Å². The van der Waals surface area contributed by atoms with Crippen molar-refractivity contribution in [2.45, 2.75) is 25.9 Å². The van der Waals surface area contributed by atoms with Crippen LogP contribution in [-0.2, 0) is 16.0 Å². The summed E-state index contributed by atoms with van der Waals surface area (Å²) in [6.45, 7) is 1.60. The van der Waals surface area contributed by atoms with Crippen molar-refractivity contribution in [1.82, 2.24) is 0 Å². The number of halogens is 4. The van der Waals surface area contributed by atoms with Crippen molar-refractivity contribution in [2.24, 2.45) is 5.92 Å². The molecule has 0 aliphatic rings. The van der Waals surface area contributed by atoms with Crippen LogP contribution in [0.1, 0.15) is 22.8 Å². The Balaban J connectivity index is 1.78. The van der Waals surface area contributed by atoms with Gasteiger partial charge in [0.15, 0.2) is 5.78 Å². The lowest BCUT2D eigenvalue weighted by Gasteiger charge is -2.18. The smallest absolute Gasteiger partial charge is 0.461 e. The maximum Gasteiger partial charge on any atom is 0.461 e. The number of rotatable bonds is 11. The number of carbonyl (C=O) groups excluding carboxylic acids is 2. The Morgan fingerprint density at radius 1 is 0.857 bits per heavy atom. The number of Topliss-reactive ketones (excluding diaryl/α,β-unsaturated/α-hetero) is 1. The zero-order chi connectivity index (χ0) is 25.4. The van der Waals surface area contributed by atoms with E-state index in [-0.39, 0.29) is 24.2 Å². The molecule has 0 aliphatic heterocycles. The molecule has 0 N–H and O–H groups in total. The summed E-state index contributed by atoms with van der Waals surface area (Å²) in [6.07, 6.45) is -8.91. The van der Waals surface area contributed by atoms with Crippen molar-refractivity contribution >= 4 is 11.8 Å². The first-order valence-corrected chi connectivity index (χ1v) is 10.7. The molecule has 0 fully saturated rings. The fraction of sp³-hybridized carbons (Fsp3) is 0.231. The molecule has 3 rings (SSSR count).